The van der Waals surface area contributed by atoms with Gasteiger partial charge < -0.3 is 24.6 Å². The van der Waals surface area contributed by atoms with Gasteiger partial charge in [-0.05, 0) is 102 Å². The van der Waals surface area contributed by atoms with Crippen LogP contribution in [0.2, 0.25) is 0 Å². The fourth-order valence-corrected chi connectivity index (χ4v) is 8.89. The number of aromatic nitrogens is 2. The van der Waals surface area contributed by atoms with Crippen molar-refractivity contribution in [1.29, 1.82) is 0 Å². The standard InChI is InChI=1S/C33H54N6O4S/c1-7-8-13-33(37(4)5)14-19-38(20-15-33)21-17-34-24-28-12-16-35-32(36-28)43-25-29-11-9-10-18-39(29)44(40,41)31-26(2)22-30(42-6)23-27(31)3/h12,16,22-23,29,34H,7-11,13-15,17-21,24-25H2,1-6H3. The van der Waals surface area contributed by atoms with Crippen LogP contribution in [-0.2, 0) is 16.6 Å². The van der Waals surface area contributed by atoms with Gasteiger partial charge in [0, 0.05) is 37.9 Å². The topological polar surface area (TPSA) is 100 Å². The predicted octanol–water partition coefficient (Wildman–Crippen LogP) is 4.40. The number of sulfonamides is 1. The molecule has 0 saturated carbocycles. The molecule has 2 fully saturated rings. The summed E-state index contributed by atoms with van der Waals surface area (Å²) in [7, 11) is 2.36. The van der Waals surface area contributed by atoms with Crippen molar-refractivity contribution in [2.45, 2.75) is 95.2 Å². The van der Waals surface area contributed by atoms with Crippen molar-refractivity contribution in [3.8, 4) is 11.8 Å². The molecule has 2 aromatic rings. The second-order valence-electron chi connectivity index (χ2n) is 12.7. The Kier molecular flexibility index (Phi) is 12.4. The molecule has 0 spiro atoms. The lowest BCUT2D eigenvalue weighted by molar-refractivity contribution is 0.0477. The van der Waals surface area contributed by atoms with E-state index < -0.39 is 10.0 Å². The van der Waals surface area contributed by atoms with Crippen molar-refractivity contribution >= 4 is 10.0 Å². The zero-order valence-corrected chi connectivity index (χ0v) is 28.6. The Labute approximate surface area is 265 Å². The van der Waals surface area contributed by atoms with Crippen molar-refractivity contribution in [2.75, 3.05) is 60.5 Å². The van der Waals surface area contributed by atoms with Crippen LogP contribution in [0.15, 0.2) is 29.3 Å². The number of nitrogens with zero attached hydrogens (tertiary/aromatic N) is 5. The lowest BCUT2D eigenvalue weighted by Gasteiger charge is -2.46. The summed E-state index contributed by atoms with van der Waals surface area (Å²) in [6.07, 6.45) is 10.5. The molecule has 11 heteroatoms. The van der Waals surface area contributed by atoms with Crippen LogP contribution >= 0.6 is 0 Å². The molecule has 246 valence electrons. The first-order valence-electron chi connectivity index (χ1n) is 16.3. The summed E-state index contributed by atoms with van der Waals surface area (Å²) in [4.78, 5) is 14.3. The molecular weight excluding hydrogens is 576 g/mol. The minimum absolute atomic E-state index is 0.214. The quantitative estimate of drug-likeness (QED) is 0.287. The minimum Gasteiger partial charge on any atom is -0.497 e. The predicted molar refractivity (Wildman–Crippen MR) is 175 cm³/mol. The number of hydrogen-bond acceptors (Lipinski definition) is 9. The molecule has 1 aromatic heterocycles. The summed E-state index contributed by atoms with van der Waals surface area (Å²) >= 11 is 0. The van der Waals surface area contributed by atoms with Crippen LogP contribution in [0.3, 0.4) is 0 Å². The molecule has 3 heterocycles. The molecule has 44 heavy (non-hydrogen) atoms. The van der Waals surface area contributed by atoms with E-state index >= 15 is 0 Å². The van der Waals surface area contributed by atoms with Crippen LogP contribution in [0.25, 0.3) is 0 Å². The number of likely N-dealkylation sites (tertiary alicyclic amines) is 1. The Morgan fingerprint density at radius 3 is 2.50 bits per heavy atom. The molecule has 0 amide bonds. The number of benzene rings is 1. The van der Waals surface area contributed by atoms with Gasteiger partial charge in [0.25, 0.3) is 0 Å². The highest BCUT2D eigenvalue weighted by Gasteiger charge is 2.37. The SMILES string of the molecule is CCCCC1(N(C)C)CCN(CCNCc2ccnc(OCC3CCCCN3S(=O)(=O)c3c(C)cc(OC)cc3C)n2)CC1. The van der Waals surface area contributed by atoms with Gasteiger partial charge in [-0.25, -0.2) is 13.4 Å². The molecule has 2 aliphatic rings. The van der Waals surface area contributed by atoms with Gasteiger partial charge in [0.05, 0.1) is 23.7 Å². The summed E-state index contributed by atoms with van der Waals surface area (Å²) < 4.78 is 40.7. The lowest BCUT2D eigenvalue weighted by Crippen LogP contribution is -2.53. The molecule has 2 aliphatic heterocycles. The third-order valence-corrected chi connectivity index (χ3v) is 11.8. The van der Waals surface area contributed by atoms with Crippen LogP contribution in [0, 0.1) is 13.8 Å². The van der Waals surface area contributed by atoms with E-state index in [0.717, 1.165) is 51.1 Å². The Morgan fingerprint density at radius 1 is 1.11 bits per heavy atom. The summed E-state index contributed by atoms with van der Waals surface area (Å²) in [5.41, 5.74) is 2.58. The second-order valence-corrected chi connectivity index (χ2v) is 14.6. The molecule has 1 N–H and O–H groups in total. The smallest absolute Gasteiger partial charge is 0.316 e. The number of nitrogens with one attached hydrogen (secondary N) is 1. The Bertz CT molecular complexity index is 1290. The van der Waals surface area contributed by atoms with Crippen LogP contribution in [-0.4, -0.2) is 105 Å². The van der Waals surface area contributed by atoms with Crippen LogP contribution in [0.5, 0.6) is 11.8 Å². The fourth-order valence-electron chi connectivity index (χ4n) is 6.80. The van der Waals surface area contributed by atoms with E-state index in [2.05, 4.69) is 46.1 Å². The first-order valence-corrected chi connectivity index (χ1v) is 17.8. The maximum atomic E-state index is 13.9. The molecule has 1 aromatic carbocycles. The molecule has 0 radical (unpaired) electrons. The van der Waals surface area contributed by atoms with E-state index in [1.165, 1.54) is 32.1 Å². The molecule has 0 bridgehead atoms. The molecule has 1 unspecified atom stereocenters. The van der Waals surface area contributed by atoms with Crippen molar-refractivity contribution < 1.29 is 17.9 Å². The number of hydrogen-bond donors (Lipinski definition) is 1. The highest BCUT2D eigenvalue weighted by molar-refractivity contribution is 7.89. The maximum absolute atomic E-state index is 13.9. The highest BCUT2D eigenvalue weighted by atomic mass is 32.2. The van der Waals surface area contributed by atoms with Crippen LogP contribution in [0.4, 0.5) is 0 Å². The van der Waals surface area contributed by atoms with E-state index in [9.17, 15) is 8.42 Å². The average molecular weight is 631 g/mol. The fraction of sp³-hybridized carbons (Fsp3) is 0.697. The average Bonchev–Trinajstić information content (AvgIpc) is 3.01. The minimum atomic E-state index is -3.71. The first-order chi connectivity index (χ1) is 21.1. The van der Waals surface area contributed by atoms with Gasteiger partial charge in [0.2, 0.25) is 10.0 Å². The summed E-state index contributed by atoms with van der Waals surface area (Å²) in [6.45, 7) is 11.4. The zero-order valence-electron chi connectivity index (χ0n) is 27.8. The van der Waals surface area contributed by atoms with Crippen LogP contribution in [0.1, 0.15) is 75.1 Å². The van der Waals surface area contributed by atoms with Crippen molar-refractivity contribution in [3.05, 3.63) is 41.2 Å². The lowest BCUT2D eigenvalue weighted by atomic mass is 9.82. The van der Waals surface area contributed by atoms with Crippen LogP contribution < -0.4 is 14.8 Å². The zero-order chi connectivity index (χ0) is 31.7. The van der Waals surface area contributed by atoms with Gasteiger partial charge in [-0.1, -0.05) is 26.2 Å². The highest BCUT2D eigenvalue weighted by Crippen LogP contribution is 2.33. The summed E-state index contributed by atoms with van der Waals surface area (Å²) in [5.74, 6) is 0.657. The van der Waals surface area contributed by atoms with Gasteiger partial charge in [0.15, 0.2) is 0 Å². The number of aryl methyl sites for hydroxylation is 2. The number of methoxy groups -OCH3 is 1. The van der Waals surface area contributed by atoms with E-state index in [-0.39, 0.29) is 18.7 Å². The largest absolute Gasteiger partial charge is 0.497 e. The van der Waals surface area contributed by atoms with Gasteiger partial charge in [-0.15, -0.1) is 0 Å². The number of ether oxygens (including phenoxy) is 2. The number of piperidine rings is 2. The van der Waals surface area contributed by atoms with Gasteiger partial charge in [-0.3, -0.25) is 0 Å². The molecule has 10 nitrogen and oxygen atoms in total. The Hall–Kier alpha value is -2.31. The summed E-state index contributed by atoms with van der Waals surface area (Å²) in [5, 5.41) is 3.53. The van der Waals surface area contributed by atoms with Gasteiger partial charge in [-0.2, -0.15) is 9.29 Å². The van der Waals surface area contributed by atoms with Gasteiger partial charge in [0.1, 0.15) is 12.4 Å². The number of unbranched alkanes of at least 4 members (excludes halogenated alkanes) is 1. The molecule has 0 aliphatic carbocycles. The molecular formula is C33H54N6O4S. The number of rotatable bonds is 15. The third kappa shape index (κ3) is 8.48. The molecule has 1 atom stereocenters. The molecule has 2 saturated heterocycles. The monoisotopic (exact) mass is 630 g/mol. The van der Waals surface area contributed by atoms with Crippen molar-refractivity contribution in [2.24, 2.45) is 0 Å². The van der Waals surface area contributed by atoms with Crippen molar-refractivity contribution in [3.63, 3.8) is 0 Å². The Balaban J connectivity index is 1.28. The second kappa shape index (κ2) is 15.8. The normalized spacial score (nSPS) is 19.8. The van der Waals surface area contributed by atoms with Crippen molar-refractivity contribution in [1.82, 2.24) is 29.4 Å². The Morgan fingerprint density at radius 2 is 1.84 bits per heavy atom. The van der Waals surface area contributed by atoms with E-state index in [1.807, 2.05) is 19.9 Å². The first kappa shape index (κ1) is 34.6. The van der Waals surface area contributed by atoms with E-state index in [0.29, 0.717) is 40.4 Å². The van der Waals surface area contributed by atoms with E-state index in [4.69, 9.17) is 9.47 Å². The van der Waals surface area contributed by atoms with E-state index in [1.54, 1.807) is 29.7 Å². The third-order valence-electron chi connectivity index (χ3n) is 9.55. The van der Waals surface area contributed by atoms with Gasteiger partial charge >= 0.3 is 6.01 Å². The molecule has 4 rings (SSSR count). The summed E-state index contributed by atoms with van der Waals surface area (Å²) in [6, 6.07) is 5.45. The maximum Gasteiger partial charge on any atom is 0.316 e.